The molecule has 0 aliphatic carbocycles. The Hall–Kier alpha value is -2.49. The summed E-state index contributed by atoms with van der Waals surface area (Å²) in [6.07, 6.45) is -2.44. The number of primary amides is 1. The number of alkyl halides is 3. The standard InChI is InChI=1S/C16H16F3N3O/c1-3-4-5-10-8-11-13(22(10)9-14(20)23)7-6-12(21-2)15(11)16(17,18)19/h6-8H,3-5,9H2,1H3,(H2,20,23). The lowest BCUT2D eigenvalue weighted by molar-refractivity contribution is -0.135. The number of nitrogens with two attached hydrogens (primary N) is 1. The Morgan fingerprint density at radius 1 is 1.39 bits per heavy atom. The first-order chi connectivity index (χ1) is 10.8. The number of hydrogen-bond acceptors (Lipinski definition) is 1. The van der Waals surface area contributed by atoms with E-state index in [0.29, 0.717) is 12.1 Å². The average Bonchev–Trinajstić information content (AvgIpc) is 2.80. The number of rotatable bonds is 5. The van der Waals surface area contributed by atoms with Crippen LogP contribution < -0.4 is 5.73 Å². The second-order valence-electron chi connectivity index (χ2n) is 5.29. The molecule has 0 fully saturated rings. The zero-order chi connectivity index (χ0) is 17.2. The number of nitrogens with zero attached hydrogens (tertiary/aromatic N) is 2. The lowest BCUT2D eigenvalue weighted by atomic mass is 10.1. The van der Waals surface area contributed by atoms with E-state index in [4.69, 9.17) is 12.3 Å². The zero-order valence-electron chi connectivity index (χ0n) is 12.6. The first kappa shape index (κ1) is 16.9. The van der Waals surface area contributed by atoms with Crippen molar-refractivity contribution >= 4 is 22.5 Å². The summed E-state index contributed by atoms with van der Waals surface area (Å²) >= 11 is 0. The van der Waals surface area contributed by atoms with Gasteiger partial charge in [0.2, 0.25) is 5.91 Å². The van der Waals surface area contributed by atoms with Crippen molar-refractivity contribution in [2.24, 2.45) is 5.73 Å². The van der Waals surface area contributed by atoms with Crippen molar-refractivity contribution in [3.8, 4) is 0 Å². The molecule has 0 aliphatic heterocycles. The molecule has 1 aromatic carbocycles. The fourth-order valence-corrected chi connectivity index (χ4v) is 2.68. The van der Waals surface area contributed by atoms with E-state index in [1.807, 2.05) is 6.92 Å². The second kappa shape index (κ2) is 6.32. The van der Waals surface area contributed by atoms with E-state index in [-0.39, 0.29) is 17.4 Å². The molecule has 0 unspecified atom stereocenters. The number of carbonyl (C=O) groups excluding carboxylic acids is 1. The Morgan fingerprint density at radius 3 is 2.61 bits per heavy atom. The summed E-state index contributed by atoms with van der Waals surface area (Å²) in [6.45, 7) is 8.76. The highest BCUT2D eigenvalue weighted by molar-refractivity contribution is 5.91. The molecule has 2 aromatic rings. The Morgan fingerprint density at radius 2 is 2.09 bits per heavy atom. The van der Waals surface area contributed by atoms with Crippen molar-refractivity contribution in [2.45, 2.75) is 38.9 Å². The van der Waals surface area contributed by atoms with Crippen LogP contribution in [0.3, 0.4) is 0 Å². The van der Waals surface area contributed by atoms with Crippen LogP contribution in [0.1, 0.15) is 31.0 Å². The van der Waals surface area contributed by atoms with Crippen molar-refractivity contribution in [3.63, 3.8) is 0 Å². The number of halogens is 3. The smallest absolute Gasteiger partial charge is 0.368 e. The molecule has 0 aliphatic rings. The number of aryl methyl sites for hydroxylation is 1. The van der Waals surface area contributed by atoms with Crippen LogP contribution in [0.2, 0.25) is 0 Å². The van der Waals surface area contributed by atoms with Gasteiger partial charge in [0, 0.05) is 16.6 Å². The average molecular weight is 323 g/mol. The molecule has 122 valence electrons. The molecule has 0 saturated heterocycles. The van der Waals surface area contributed by atoms with Gasteiger partial charge >= 0.3 is 6.18 Å². The Kier molecular flexibility index (Phi) is 4.64. The molecule has 4 nitrogen and oxygen atoms in total. The van der Waals surface area contributed by atoms with Crippen LogP contribution in [0, 0.1) is 6.57 Å². The Labute approximate surface area is 131 Å². The summed E-state index contributed by atoms with van der Waals surface area (Å²) in [7, 11) is 0. The van der Waals surface area contributed by atoms with E-state index in [0.717, 1.165) is 18.9 Å². The Balaban J connectivity index is 2.77. The predicted molar refractivity (Wildman–Crippen MR) is 81.0 cm³/mol. The molecular weight excluding hydrogens is 307 g/mol. The van der Waals surface area contributed by atoms with Crippen molar-refractivity contribution in [2.75, 3.05) is 0 Å². The normalized spacial score (nSPS) is 11.6. The summed E-state index contributed by atoms with van der Waals surface area (Å²) in [5, 5.41) is -0.0571. The monoisotopic (exact) mass is 323 g/mol. The number of hydrogen-bond donors (Lipinski definition) is 1. The van der Waals surface area contributed by atoms with Gasteiger partial charge in [-0.1, -0.05) is 19.4 Å². The Bertz CT molecular complexity index is 784. The molecule has 1 amide bonds. The highest BCUT2D eigenvalue weighted by Gasteiger charge is 2.36. The number of fused-ring (bicyclic) bond motifs is 1. The van der Waals surface area contributed by atoms with Crippen molar-refractivity contribution in [3.05, 3.63) is 40.9 Å². The summed E-state index contributed by atoms with van der Waals surface area (Å²) in [4.78, 5) is 14.3. The molecule has 0 atom stereocenters. The zero-order valence-corrected chi connectivity index (χ0v) is 12.6. The number of carbonyl (C=O) groups is 1. The first-order valence-corrected chi connectivity index (χ1v) is 7.17. The van der Waals surface area contributed by atoms with Crippen LogP contribution >= 0.6 is 0 Å². The van der Waals surface area contributed by atoms with Gasteiger partial charge in [0.15, 0.2) is 5.69 Å². The van der Waals surface area contributed by atoms with Gasteiger partial charge in [-0.2, -0.15) is 13.2 Å². The molecule has 0 saturated carbocycles. The van der Waals surface area contributed by atoms with Crippen LogP contribution in [-0.2, 0) is 23.9 Å². The van der Waals surface area contributed by atoms with Gasteiger partial charge in [0.1, 0.15) is 6.54 Å². The van der Waals surface area contributed by atoms with E-state index in [1.165, 1.54) is 16.7 Å². The van der Waals surface area contributed by atoms with Crippen LogP contribution in [0.5, 0.6) is 0 Å². The largest absolute Gasteiger partial charge is 0.408 e. The lowest BCUT2D eigenvalue weighted by Crippen LogP contribution is -2.20. The minimum atomic E-state index is -4.64. The van der Waals surface area contributed by atoms with Gasteiger partial charge in [-0.05, 0) is 25.0 Å². The van der Waals surface area contributed by atoms with E-state index >= 15 is 0 Å². The van der Waals surface area contributed by atoms with Crippen LogP contribution in [0.15, 0.2) is 18.2 Å². The summed E-state index contributed by atoms with van der Waals surface area (Å²) in [5.41, 5.74) is 4.72. The van der Waals surface area contributed by atoms with Gasteiger partial charge < -0.3 is 10.3 Å². The van der Waals surface area contributed by atoms with Gasteiger partial charge in [0.25, 0.3) is 0 Å². The van der Waals surface area contributed by atoms with Crippen molar-refractivity contribution in [1.29, 1.82) is 0 Å². The minimum absolute atomic E-state index is 0.0571. The van der Waals surface area contributed by atoms with Gasteiger partial charge in [-0.3, -0.25) is 4.79 Å². The molecular formula is C16H16F3N3O. The molecule has 2 rings (SSSR count). The van der Waals surface area contributed by atoms with Crippen LogP contribution in [0.4, 0.5) is 18.9 Å². The van der Waals surface area contributed by atoms with Gasteiger partial charge in [-0.25, -0.2) is 4.85 Å². The maximum Gasteiger partial charge on any atom is 0.408 e. The highest BCUT2D eigenvalue weighted by Crippen LogP contribution is 2.42. The number of benzene rings is 1. The maximum atomic E-state index is 13.4. The summed E-state index contributed by atoms with van der Waals surface area (Å²) in [6, 6.07) is 4.00. The second-order valence-corrected chi connectivity index (χ2v) is 5.29. The molecule has 0 spiro atoms. The fraction of sp³-hybridized carbons (Fsp3) is 0.375. The van der Waals surface area contributed by atoms with E-state index in [1.54, 1.807) is 0 Å². The van der Waals surface area contributed by atoms with Crippen molar-refractivity contribution in [1.82, 2.24) is 4.57 Å². The van der Waals surface area contributed by atoms with Crippen LogP contribution in [0.25, 0.3) is 15.7 Å². The summed E-state index contributed by atoms with van der Waals surface area (Å²) in [5.74, 6) is -0.622. The fourth-order valence-electron chi connectivity index (χ4n) is 2.68. The van der Waals surface area contributed by atoms with Gasteiger partial charge in [-0.15, -0.1) is 0 Å². The third kappa shape index (κ3) is 3.31. The summed E-state index contributed by atoms with van der Waals surface area (Å²) < 4.78 is 41.6. The third-order valence-corrected chi connectivity index (χ3v) is 3.65. The van der Waals surface area contributed by atoms with Crippen LogP contribution in [-0.4, -0.2) is 10.5 Å². The van der Waals surface area contributed by atoms with Gasteiger partial charge in [0.05, 0.1) is 12.1 Å². The third-order valence-electron chi connectivity index (χ3n) is 3.65. The van der Waals surface area contributed by atoms with E-state index < -0.39 is 23.3 Å². The molecule has 0 bridgehead atoms. The topological polar surface area (TPSA) is 52.4 Å². The van der Waals surface area contributed by atoms with E-state index in [9.17, 15) is 18.0 Å². The number of unbranched alkanes of at least 4 members (excludes halogenated alkanes) is 1. The number of aromatic nitrogens is 1. The molecule has 0 radical (unpaired) electrons. The van der Waals surface area contributed by atoms with Crippen molar-refractivity contribution < 1.29 is 18.0 Å². The molecule has 7 heteroatoms. The molecule has 1 aromatic heterocycles. The predicted octanol–water partition coefficient (Wildman–Crippen LogP) is 4.04. The first-order valence-electron chi connectivity index (χ1n) is 7.17. The molecule has 2 N–H and O–H groups in total. The minimum Gasteiger partial charge on any atom is -0.368 e. The quantitative estimate of drug-likeness (QED) is 0.830. The molecule has 1 heterocycles. The maximum absolute atomic E-state index is 13.4. The van der Waals surface area contributed by atoms with E-state index in [2.05, 4.69) is 4.85 Å². The highest BCUT2D eigenvalue weighted by atomic mass is 19.4. The number of amides is 1. The SMILES string of the molecule is [C-]#[N+]c1ccc2c(cc(CCCC)n2CC(N)=O)c1C(F)(F)F. The lowest BCUT2D eigenvalue weighted by Gasteiger charge is -2.12. The molecule has 23 heavy (non-hydrogen) atoms.